The van der Waals surface area contributed by atoms with Gasteiger partial charge in [0.25, 0.3) is 5.91 Å². The van der Waals surface area contributed by atoms with Gasteiger partial charge in [0.05, 0.1) is 17.4 Å². The summed E-state index contributed by atoms with van der Waals surface area (Å²) in [6, 6.07) is 21.9. The number of hydrogen-bond acceptors (Lipinski definition) is 3. The summed E-state index contributed by atoms with van der Waals surface area (Å²) < 4.78 is 2.76. The Kier molecular flexibility index (Phi) is 5.59. The molecule has 4 aromatic rings. The SMILES string of the molecule is Cc1c(C=NNC(=O)c2ccc(Br)cc2)c2ccccn2c1C(=O)c1ccccc1. The maximum absolute atomic E-state index is 13.2. The summed E-state index contributed by atoms with van der Waals surface area (Å²) in [6.07, 6.45) is 3.44. The molecule has 0 spiro atoms. The van der Waals surface area contributed by atoms with E-state index in [2.05, 4.69) is 26.5 Å². The van der Waals surface area contributed by atoms with Crippen molar-refractivity contribution in [3.05, 3.63) is 111 Å². The van der Waals surface area contributed by atoms with Gasteiger partial charge in [-0.3, -0.25) is 9.59 Å². The summed E-state index contributed by atoms with van der Waals surface area (Å²) in [7, 11) is 0. The minimum Gasteiger partial charge on any atom is -0.313 e. The molecule has 4 rings (SSSR count). The molecule has 2 aromatic heterocycles. The van der Waals surface area contributed by atoms with Crippen LogP contribution in [0.4, 0.5) is 0 Å². The van der Waals surface area contributed by atoms with Crippen molar-refractivity contribution in [1.29, 1.82) is 0 Å². The zero-order chi connectivity index (χ0) is 21.1. The van der Waals surface area contributed by atoms with E-state index in [0.717, 1.165) is 21.1 Å². The highest BCUT2D eigenvalue weighted by atomic mass is 79.9. The number of hydrazone groups is 1. The number of rotatable bonds is 5. The van der Waals surface area contributed by atoms with Crippen LogP contribution >= 0.6 is 15.9 Å². The first kappa shape index (κ1) is 19.8. The number of halogens is 1. The standard InChI is InChI=1S/C24H18BrN3O2/c1-16-20(15-26-27-24(30)18-10-12-19(25)13-11-18)21-9-5-6-14-28(21)22(16)23(29)17-7-3-2-4-8-17/h2-15H,1H3,(H,27,30). The molecule has 148 valence electrons. The van der Waals surface area contributed by atoms with E-state index < -0.39 is 0 Å². The van der Waals surface area contributed by atoms with Gasteiger partial charge in [-0.05, 0) is 48.9 Å². The summed E-state index contributed by atoms with van der Waals surface area (Å²) in [5, 5.41) is 4.14. The Morgan fingerprint density at radius 2 is 1.63 bits per heavy atom. The van der Waals surface area contributed by atoms with Crippen LogP contribution in [0.2, 0.25) is 0 Å². The number of carbonyl (C=O) groups is 2. The number of fused-ring (bicyclic) bond motifs is 1. The van der Waals surface area contributed by atoms with E-state index in [9.17, 15) is 9.59 Å². The van der Waals surface area contributed by atoms with Crippen molar-refractivity contribution in [3.63, 3.8) is 0 Å². The molecule has 0 saturated heterocycles. The van der Waals surface area contributed by atoms with Crippen LogP contribution in [0.25, 0.3) is 5.52 Å². The number of carbonyl (C=O) groups excluding carboxylic acids is 2. The Labute approximate surface area is 182 Å². The first-order valence-corrected chi connectivity index (χ1v) is 10.1. The summed E-state index contributed by atoms with van der Waals surface area (Å²) >= 11 is 3.35. The fraction of sp³-hybridized carbons (Fsp3) is 0.0417. The van der Waals surface area contributed by atoms with Crippen molar-refractivity contribution in [2.24, 2.45) is 5.10 Å². The van der Waals surface area contributed by atoms with Gasteiger partial charge in [0.15, 0.2) is 0 Å². The summed E-state index contributed by atoms with van der Waals surface area (Å²) in [5.41, 5.74) is 6.69. The third kappa shape index (κ3) is 3.82. The number of ketones is 1. The quantitative estimate of drug-likeness (QED) is 0.259. The third-order valence-electron chi connectivity index (χ3n) is 4.85. The fourth-order valence-electron chi connectivity index (χ4n) is 3.35. The van der Waals surface area contributed by atoms with Crippen LogP contribution in [0.5, 0.6) is 0 Å². The minimum atomic E-state index is -0.305. The number of aromatic nitrogens is 1. The average Bonchev–Trinajstić information content (AvgIpc) is 3.05. The summed E-state index contributed by atoms with van der Waals surface area (Å²) in [5.74, 6) is -0.367. The molecule has 6 heteroatoms. The van der Waals surface area contributed by atoms with E-state index in [-0.39, 0.29) is 11.7 Å². The van der Waals surface area contributed by atoms with Gasteiger partial charge in [-0.15, -0.1) is 0 Å². The second-order valence-electron chi connectivity index (χ2n) is 6.74. The topological polar surface area (TPSA) is 62.9 Å². The molecule has 1 N–H and O–H groups in total. The fourth-order valence-corrected chi connectivity index (χ4v) is 3.61. The highest BCUT2D eigenvalue weighted by Crippen LogP contribution is 2.24. The van der Waals surface area contributed by atoms with E-state index >= 15 is 0 Å². The first-order chi connectivity index (χ1) is 14.6. The first-order valence-electron chi connectivity index (χ1n) is 9.34. The Hall–Kier alpha value is -3.51. The van der Waals surface area contributed by atoms with Gasteiger partial charge >= 0.3 is 0 Å². The van der Waals surface area contributed by atoms with Gasteiger partial charge in [-0.1, -0.05) is 52.3 Å². The van der Waals surface area contributed by atoms with Gasteiger partial charge < -0.3 is 4.40 Å². The molecule has 0 saturated carbocycles. The largest absolute Gasteiger partial charge is 0.313 e. The monoisotopic (exact) mass is 459 g/mol. The van der Waals surface area contributed by atoms with Crippen LogP contribution in [-0.4, -0.2) is 22.3 Å². The lowest BCUT2D eigenvalue weighted by molar-refractivity contribution is 0.0954. The third-order valence-corrected chi connectivity index (χ3v) is 5.38. The lowest BCUT2D eigenvalue weighted by Crippen LogP contribution is -2.17. The second-order valence-corrected chi connectivity index (χ2v) is 7.66. The Morgan fingerprint density at radius 3 is 2.37 bits per heavy atom. The molecule has 0 fully saturated rings. The van der Waals surface area contributed by atoms with Crippen LogP contribution < -0.4 is 5.43 Å². The van der Waals surface area contributed by atoms with Crippen molar-refractivity contribution in [3.8, 4) is 0 Å². The second kappa shape index (κ2) is 8.47. The van der Waals surface area contributed by atoms with Gasteiger partial charge in [0, 0.05) is 27.4 Å². The number of nitrogens with zero attached hydrogens (tertiary/aromatic N) is 2. The van der Waals surface area contributed by atoms with Crippen LogP contribution in [0.15, 0.2) is 88.6 Å². The minimum absolute atomic E-state index is 0.0622. The molecule has 1 amide bonds. The van der Waals surface area contributed by atoms with E-state index in [4.69, 9.17) is 0 Å². The van der Waals surface area contributed by atoms with Gasteiger partial charge in [0.1, 0.15) is 0 Å². The maximum atomic E-state index is 13.2. The molecular formula is C24H18BrN3O2. The highest BCUT2D eigenvalue weighted by molar-refractivity contribution is 9.10. The Balaban J connectivity index is 1.67. The molecule has 0 atom stereocenters. The Morgan fingerprint density at radius 1 is 0.933 bits per heavy atom. The van der Waals surface area contributed by atoms with E-state index in [1.165, 1.54) is 0 Å². The maximum Gasteiger partial charge on any atom is 0.271 e. The van der Waals surface area contributed by atoms with E-state index in [0.29, 0.717) is 16.8 Å². The Bertz CT molecular complexity index is 1260. The molecule has 0 bridgehead atoms. The van der Waals surface area contributed by atoms with Gasteiger partial charge in [-0.2, -0.15) is 5.10 Å². The molecular weight excluding hydrogens is 442 g/mol. The zero-order valence-corrected chi connectivity index (χ0v) is 17.8. The molecule has 2 aromatic carbocycles. The van der Waals surface area contributed by atoms with E-state index in [1.54, 1.807) is 42.6 Å². The average molecular weight is 460 g/mol. The van der Waals surface area contributed by atoms with Gasteiger partial charge in [0.2, 0.25) is 5.78 Å². The number of benzene rings is 2. The molecule has 0 aliphatic heterocycles. The van der Waals surface area contributed by atoms with Crippen molar-refractivity contribution < 1.29 is 9.59 Å². The van der Waals surface area contributed by atoms with Crippen molar-refractivity contribution in [2.45, 2.75) is 6.92 Å². The number of hydrogen-bond donors (Lipinski definition) is 1. The van der Waals surface area contributed by atoms with Crippen LogP contribution in [0.1, 0.15) is 37.5 Å². The number of pyridine rings is 1. The molecule has 2 heterocycles. The molecule has 0 unspecified atom stereocenters. The predicted molar refractivity (Wildman–Crippen MR) is 121 cm³/mol. The molecule has 5 nitrogen and oxygen atoms in total. The van der Waals surface area contributed by atoms with Crippen LogP contribution in [0.3, 0.4) is 0 Å². The molecule has 0 aliphatic rings. The van der Waals surface area contributed by atoms with Crippen LogP contribution in [0, 0.1) is 6.92 Å². The molecule has 0 radical (unpaired) electrons. The predicted octanol–water partition coefficient (Wildman–Crippen LogP) is 5.01. The zero-order valence-electron chi connectivity index (χ0n) is 16.2. The van der Waals surface area contributed by atoms with Crippen LogP contribution in [-0.2, 0) is 0 Å². The number of amides is 1. The van der Waals surface area contributed by atoms with Crippen molar-refractivity contribution >= 4 is 39.4 Å². The lowest BCUT2D eigenvalue weighted by Gasteiger charge is -2.03. The van der Waals surface area contributed by atoms with E-state index in [1.807, 2.05) is 53.9 Å². The molecule has 0 aliphatic carbocycles. The van der Waals surface area contributed by atoms with Crippen molar-refractivity contribution in [1.82, 2.24) is 9.83 Å². The molecule has 30 heavy (non-hydrogen) atoms. The lowest BCUT2D eigenvalue weighted by atomic mass is 10.0. The highest BCUT2D eigenvalue weighted by Gasteiger charge is 2.20. The normalized spacial score (nSPS) is 11.1. The summed E-state index contributed by atoms with van der Waals surface area (Å²) in [6.45, 7) is 1.89. The van der Waals surface area contributed by atoms with Gasteiger partial charge in [-0.25, -0.2) is 5.43 Å². The smallest absolute Gasteiger partial charge is 0.271 e. The summed E-state index contributed by atoms with van der Waals surface area (Å²) in [4.78, 5) is 25.4. The number of nitrogens with one attached hydrogen (secondary N) is 1. The van der Waals surface area contributed by atoms with Crippen molar-refractivity contribution in [2.75, 3.05) is 0 Å².